The molecular weight excluding hydrogens is 542 g/mol. The smallest absolute Gasteiger partial charge is 0.00201 e. The number of hydrogen-bond donors (Lipinski definition) is 1. The maximum absolute atomic E-state index is 5.84. The highest BCUT2D eigenvalue weighted by Gasteiger charge is 2.19. The minimum absolute atomic E-state index is 0.945. The maximum Gasteiger partial charge on any atom is -0.00201 e. The van der Waals surface area contributed by atoms with Crippen LogP contribution in [0.5, 0.6) is 0 Å². The van der Waals surface area contributed by atoms with Crippen LogP contribution >= 0.6 is 0 Å². The normalized spacial score (nSPS) is 12.1. The van der Waals surface area contributed by atoms with Gasteiger partial charge in [0, 0.05) is 0 Å². The van der Waals surface area contributed by atoms with Gasteiger partial charge in [0.15, 0.2) is 0 Å². The lowest BCUT2D eigenvalue weighted by Gasteiger charge is -2.20. The largest absolute Gasteiger partial charge is 0.405 e. The molecule has 0 spiro atoms. The summed E-state index contributed by atoms with van der Waals surface area (Å²) in [7, 11) is 0. The lowest BCUT2D eigenvalue weighted by Crippen LogP contribution is -1.93. The van der Waals surface area contributed by atoms with Gasteiger partial charge in [-0.15, -0.1) is 0 Å². The van der Waals surface area contributed by atoms with Gasteiger partial charge >= 0.3 is 0 Å². The molecule has 0 bridgehead atoms. The fraction of sp³-hybridized carbons (Fsp3) is 0.0909. The zero-order valence-corrected chi connectivity index (χ0v) is 26.1. The summed E-state index contributed by atoms with van der Waals surface area (Å²) in [5, 5.41) is 7.56. The van der Waals surface area contributed by atoms with Crippen molar-refractivity contribution in [2.75, 3.05) is 0 Å². The molecule has 0 amide bonds. The molecule has 1 heteroatoms. The van der Waals surface area contributed by atoms with Crippen LogP contribution in [-0.2, 0) is 0 Å². The summed E-state index contributed by atoms with van der Waals surface area (Å²) in [6.45, 7) is 6.53. The Labute approximate surface area is 266 Å². The van der Waals surface area contributed by atoms with Crippen molar-refractivity contribution in [2.45, 2.75) is 27.2 Å². The van der Waals surface area contributed by atoms with E-state index in [1.807, 2.05) is 6.08 Å². The van der Waals surface area contributed by atoms with Crippen LogP contribution in [0, 0.1) is 13.8 Å². The minimum atomic E-state index is 0.945. The van der Waals surface area contributed by atoms with Crippen LogP contribution < -0.4 is 5.73 Å². The number of aryl methyl sites for hydroxylation is 2. The fourth-order valence-electron chi connectivity index (χ4n) is 7.07. The molecule has 0 heterocycles. The van der Waals surface area contributed by atoms with Gasteiger partial charge in [-0.3, -0.25) is 0 Å². The summed E-state index contributed by atoms with van der Waals surface area (Å²) >= 11 is 0. The number of hydrogen-bond acceptors (Lipinski definition) is 1. The zero-order valence-electron chi connectivity index (χ0n) is 26.1. The molecule has 0 aliphatic carbocycles. The Morgan fingerprint density at radius 3 is 1.76 bits per heavy atom. The number of allylic oxidation sites excluding steroid dienone is 3. The highest BCUT2D eigenvalue weighted by atomic mass is 14.5. The predicted molar refractivity (Wildman–Crippen MR) is 196 cm³/mol. The predicted octanol–water partition coefficient (Wildman–Crippen LogP) is 12.0. The van der Waals surface area contributed by atoms with Crippen molar-refractivity contribution < 1.29 is 0 Å². The van der Waals surface area contributed by atoms with Crippen LogP contribution in [0.1, 0.15) is 30.0 Å². The van der Waals surface area contributed by atoms with E-state index < -0.39 is 0 Å². The van der Waals surface area contributed by atoms with Crippen molar-refractivity contribution in [1.29, 1.82) is 0 Å². The van der Waals surface area contributed by atoms with Crippen molar-refractivity contribution >= 4 is 37.9 Å². The number of rotatable bonds is 6. The van der Waals surface area contributed by atoms with Crippen molar-refractivity contribution in [3.8, 4) is 33.4 Å². The van der Waals surface area contributed by atoms with E-state index in [9.17, 15) is 0 Å². The second kappa shape index (κ2) is 11.9. The Bertz CT molecular complexity index is 2230. The lowest BCUT2D eigenvalue weighted by molar-refractivity contribution is 1.23. The van der Waals surface area contributed by atoms with Crippen molar-refractivity contribution in [1.82, 2.24) is 0 Å². The average Bonchev–Trinajstić information content (AvgIpc) is 3.07. The first kappa shape index (κ1) is 28.4. The molecule has 7 aromatic rings. The average molecular weight is 580 g/mol. The first-order valence-electron chi connectivity index (χ1n) is 15.8. The Morgan fingerprint density at radius 1 is 0.556 bits per heavy atom. The van der Waals surface area contributed by atoms with E-state index in [-0.39, 0.29) is 0 Å². The van der Waals surface area contributed by atoms with E-state index in [0.29, 0.717) is 0 Å². The van der Waals surface area contributed by atoms with Crippen LogP contribution in [0.3, 0.4) is 0 Å². The molecule has 0 aromatic heterocycles. The van der Waals surface area contributed by atoms with Crippen molar-refractivity contribution in [3.05, 3.63) is 162 Å². The Morgan fingerprint density at radius 2 is 1.13 bits per heavy atom. The molecule has 0 saturated heterocycles. The summed E-state index contributed by atoms with van der Waals surface area (Å²) < 4.78 is 0. The summed E-state index contributed by atoms with van der Waals surface area (Å²) in [6, 6.07) is 47.0. The van der Waals surface area contributed by atoms with Crippen molar-refractivity contribution in [3.63, 3.8) is 0 Å². The third kappa shape index (κ3) is 5.01. The van der Waals surface area contributed by atoms with Crippen molar-refractivity contribution in [2.24, 2.45) is 5.73 Å². The summed E-state index contributed by atoms with van der Waals surface area (Å²) in [6.07, 6.45) is 6.80. The fourth-order valence-corrected chi connectivity index (χ4v) is 7.07. The third-order valence-electron chi connectivity index (χ3n) is 8.98. The third-order valence-corrected chi connectivity index (χ3v) is 8.98. The van der Waals surface area contributed by atoms with Crippen LogP contribution in [0.4, 0.5) is 0 Å². The van der Waals surface area contributed by atoms with Crippen LogP contribution in [0.15, 0.2) is 146 Å². The van der Waals surface area contributed by atoms with Gasteiger partial charge in [0.05, 0.1) is 0 Å². The van der Waals surface area contributed by atoms with E-state index in [1.165, 1.54) is 82.4 Å². The van der Waals surface area contributed by atoms with E-state index >= 15 is 0 Å². The van der Waals surface area contributed by atoms with Gasteiger partial charge in [0.1, 0.15) is 0 Å². The summed E-state index contributed by atoms with van der Waals surface area (Å²) in [4.78, 5) is 0. The molecule has 7 rings (SSSR count). The van der Waals surface area contributed by atoms with Gasteiger partial charge in [-0.25, -0.2) is 0 Å². The Balaban J connectivity index is 1.53. The SMILES string of the molecule is CC/C=C(\C=C/N)c1cccc(-c2c3ccccc3c(-c3cccc4c(-c5ccc(C)cc5C)cccc34)c3ccccc23)c1. The van der Waals surface area contributed by atoms with Gasteiger partial charge in [0.2, 0.25) is 0 Å². The molecule has 0 unspecified atom stereocenters. The summed E-state index contributed by atoms with van der Waals surface area (Å²) in [5.74, 6) is 0. The lowest BCUT2D eigenvalue weighted by atomic mass is 9.83. The molecule has 0 fully saturated rings. The Kier molecular flexibility index (Phi) is 7.53. The first-order chi connectivity index (χ1) is 22.1. The second-order valence-electron chi connectivity index (χ2n) is 11.9. The molecule has 0 saturated carbocycles. The zero-order chi connectivity index (χ0) is 30.9. The molecule has 0 atom stereocenters. The molecule has 2 N–H and O–H groups in total. The molecule has 45 heavy (non-hydrogen) atoms. The number of benzene rings is 7. The molecule has 0 aliphatic rings. The van der Waals surface area contributed by atoms with Gasteiger partial charge in [0.25, 0.3) is 0 Å². The Hall–Kier alpha value is -5.40. The van der Waals surface area contributed by atoms with Crippen LogP contribution in [0.2, 0.25) is 0 Å². The number of nitrogens with two attached hydrogens (primary N) is 1. The van der Waals surface area contributed by atoms with E-state index in [1.54, 1.807) is 6.20 Å². The van der Waals surface area contributed by atoms with Crippen LogP contribution in [0.25, 0.3) is 71.3 Å². The highest BCUT2D eigenvalue weighted by Crippen LogP contribution is 2.46. The highest BCUT2D eigenvalue weighted by molar-refractivity contribution is 6.24. The molecular formula is C44H37N. The van der Waals surface area contributed by atoms with Gasteiger partial charge in [-0.1, -0.05) is 140 Å². The van der Waals surface area contributed by atoms with E-state index in [4.69, 9.17) is 5.73 Å². The first-order valence-corrected chi connectivity index (χ1v) is 15.8. The van der Waals surface area contributed by atoms with Crippen LogP contribution in [-0.4, -0.2) is 0 Å². The van der Waals surface area contributed by atoms with E-state index in [0.717, 1.165) is 12.0 Å². The summed E-state index contributed by atoms with van der Waals surface area (Å²) in [5.41, 5.74) is 18.3. The quantitative estimate of drug-likeness (QED) is 0.154. The minimum Gasteiger partial charge on any atom is -0.405 e. The van der Waals surface area contributed by atoms with Gasteiger partial charge in [-0.05, 0) is 121 Å². The topological polar surface area (TPSA) is 26.0 Å². The second-order valence-corrected chi connectivity index (χ2v) is 11.9. The molecule has 0 radical (unpaired) electrons. The van der Waals surface area contributed by atoms with Gasteiger partial charge < -0.3 is 5.73 Å². The molecule has 7 aromatic carbocycles. The number of fused-ring (bicyclic) bond motifs is 3. The monoisotopic (exact) mass is 579 g/mol. The molecule has 0 aliphatic heterocycles. The van der Waals surface area contributed by atoms with Gasteiger partial charge in [-0.2, -0.15) is 0 Å². The maximum atomic E-state index is 5.84. The molecule has 1 nitrogen and oxygen atoms in total. The van der Waals surface area contributed by atoms with E-state index in [2.05, 4.69) is 154 Å². The molecule has 218 valence electrons. The standard InChI is InChI=1S/C44H37N/c1-4-12-31(25-26-45)32-13-9-14-33(28-32)43-39-15-5-7-17-41(39)44(42-18-8-6-16-40(42)43)38-22-11-20-36-35(19-10-21-37(36)38)34-24-23-29(2)27-30(34)3/h5-28H,4,45H2,1-3H3/b26-25-,31-12+.